The van der Waals surface area contributed by atoms with Crippen molar-refractivity contribution in [2.24, 2.45) is 0 Å². The monoisotopic (exact) mass is 377 g/mol. The first-order valence-corrected chi connectivity index (χ1v) is 7.38. The molecule has 0 aliphatic rings. The molecule has 0 fully saturated rings. The predicted octanol–water partition coefficient (Wildman–Crippen LogP) is 3.82. The number of carbonyl (C=O) groups is 1. The van der Waals surface area contributed by atoms with E-state index in [1.54, 1.807) is 0 Å². The molecule has 0 aliphatic heterocycles. The van der Waals surface area contributed by atoms with E-state index in [1.807, 2.05) is 12.1 Å². The van der Waals surface area contributed by atoms with Gasteiger partial charge in [0.2, 0.25) is 0 Å². The highest BCUT2D eigenvalue weighted by molar-refractivity contribution is 9.11. The van der Waals surface area contributed by atoms with E-state index >= 15 is 0 Å². The summed E-state index contributed by atoms with van der Waals surface area (Å²) in [6.45, 7) is 2.89. The average molecular weight is 379 g/mol. The fraction of sp³-hybridized carbons (Fsp3) is 0.462. The highest BCUT2D eigenvalue weighted by Gasteiger charge is 2.09. The number of carbonyl (C=O) groups excluding carboxylic acids is 1. The van der Waals surface area contributed by atoms with Gasteiger partial charge in [-0.15, -0.1) is 0 Å². The molecule has 3 nitrogen and oxygen atoms in total. The molecule has 0 aliphatic carbocycles. The SMILES string of the molecule is COC(=O)CCCNC(C)c1ccc(Br)cc1Br. The topological polar surface area (TPSA) is 38.3 Å². The largest absolute Gasteiger partial charge is 0.469 e. The van der Waals surface area contributed by atoms with Crippen LogP contribution in [0.25, 0.3) is 0 Å². The van der Waals surface area contributed by atoms with Gasteiger partial charge in [-0.2, -0.15) is 0 Å². The molecule has 0 saturated carbocycles. The molecule has 0 bridgehead atoms. The molecule has 1 rings (SSSR count). The molecule has 0 heterocycles. The number of hydrogen-bond acceptors (Lipinski definition) is 3. The lowest BCUT2D eigenvalue weighted by Gasteiger charge is -2.16. The molecule has 0 spiro atoms. The Kier molecular flexibility index (Phi) is 6.89. The zero-order valence-corrected chi connectivity index (χ0v) is 13.7. The quantitative estimate of drug-likeness (QED) is 0.604. The Morgan fingerprint density at radius 3 is 2.78 bits per heavy atom. The molecule has 1 unspecified atom stereocenters. The summed E-state index contributed by atoms with van der Waals surface area (Å²) in [5.41, 5.74) is 1.20. The van der Waals surface area contributed by atoms with Crippen LogP contribution in [0.2, 0.25) is 0 Å². The van der Waals surface area contributed by atoms with E-state index < -0.39 is 0 Å². The molecule has 1 aromatic carbocycles. The number of ether oxygens (including phenoxy) is 1. The van der Waals surface area contributed by atoms with Crippen molar-refractivity contribution in [3.63, 3.8) is 0 Å². The Morgan fingerprint density at radius 2 is 2.17 bits per heavy atom. The number of benzene rings is 1. The number of esters is 1. The lowest BCUT2D eigenvalue weighted by atomic mass is 10.1. The van der Waals surface area contributed by atoms with Crippen LogP contribution in [0.5, 0.6) is 0 Å². The minimum atomic E-state index is -0.158. The van der Waals surface area contributed by atoms with Gasteiger partial charge in [-0.25, -0.2) is 0 Å². The third-order valence-electron chi connectivity index (χ3n) is 2.66. The number of hydrogen-bond donors (Lipinski definition) is 1. The molecule has 1 atom stereocenters. The van der Waals surface area contributed by atoms with Crippen LogP contribution >= 0.6 is 31.9 Å². The molecule has 18 heavy (non-hydrogen) atoms. The zero-order chi connectivity index (χ0) is 13.5. The molecule has 1 aromatic rings. The van der Waals surface area contributed by atoms with Crippen molar-refractivity contribution >= 4 is 37.8 Å². The summed E-state index contributed by atoms with van der Waals surface area (Å²) >= 11 is 6.98. The smallest absolute Gasteiger partial charge is 0.305 e. The van der Waals surface area contributed by atoms with Gasteiger partial charge in [0.1, 0.15) is 0 Å². The van der Waals surface area contributed by atoms with Crippen LogP contribution in [0, 0.1) is 0 Å². The third kappa shape index (κ3) is 5.08. The summed E-state index contributed by atoms with van der Waals surface area (Å²) in [6.07, 6.45) is 1.24. The highest BCUT2D eigenvalue weighted by Crippen LogP contribution is 2.26. The van der Waals surface area contributed by atoms with Gasteiger partial charge in [0.05, 0.1) is 7.11 Å². The summed E-state index contributed by atoms with van der Waals surface area (Å²) in [7, 11) is 1.41. The standard InChI is InChI=1S/C13H17Br2NO2/c1-9(16-7-3-4-13(17)18-2)11-6-5-10(14)8-12(11)15/h5-6,8-9,16H,3-4,7H2,1-2H3. The van der Waals surface area contributed by atoms with Crippen LogP contribution in [0.15, 0.2) is 27.1 Å². The second-order valence-electron chi connectivity index (χ2n) is 4.02. The van der Waals surface area contributed by atoms with E-state index in [0.717, 1.165) is 21.9 Å². The van der Waals surface area contributed by atoms with Gasteiger partial charge in [-0.1, -0.05) is 37.9 Å². The Balaban J connectivity index is 2.40. The van der Waals surface area contributed by atoms with Gasteiger partial charge in [0.15, 0.2) is 0 Å². The second kappa shape index (κ2) is 7.92. The maximum absolute atomic E-state index is 11.0. The van der Waals surface area contributed by atoms with Crippen molar-refractivity contribution in [3.05, 3.63) is 32.7 Å². The minimum absolute atomic E-state index is 0.158. The first kappa shape index (κ1) is 15.7. The highest BCUT2D eigenvalue weighted by atomic mass is 79.9. The van der Waals surface area contributed by atoms with Crippen LogP contribution in [-0.4, -0.2) is 19.6 Å². The molecule has 0 radical (unpaired) electrons. The van der Waals surface area contributed by atoms with Crippen LogP contribution in [-0.2, 0) is 9.53 Å². The van der Waals surface area contributed by atoms with Crippen LogP contribution in [0.1, 0.15) is 31.4 Å². The van der Waals surface area contributed by atoms with Gasteiger partial charge >= 0.3 is 5.97 Å². The summed E-state index contributed by atoms with van der Waals surface area (Å²) in [4.78, 5) is 11.0. The van der Waals surface area contributed by atoms with E-state index in [4.69, 9.17) is 0 Å². The summed E-state index contributed by atoms with van der Waals surface area (Å²) in [6, 6.07) is 6.37. The normalized spacial score (nSPS) is 12.2. The van der Waals surface area contributed by atoms with Crippen molar-refractivity contribution < 1.29 is 9.53 Å². The van der Waals surface area contributed by atoms with Crippen LogP contribution in [0.3, 0.4) is 0 Å². The van der Waals surface area contributed by atoms with E-state index in [0.29, 0.717) is 6.42 Å². The van der Waals surface area contributed by atoms with Crippen molar-refractivity contribution in [3.8, 4) is 0 Å². The minimum Gasteiger partial charge on any atom is -0.469 e. The van der Waals surface area contributed by atoms with Gasteiger partial charge < -0.3 is 10.1 Å². The van der Waals surface area contributed by atoms with Gasteiger partial charge in [0, 0.05) is 21.4 Å². The van der Waals surface area contributed by atoms with E-state index in [2.05, 4.69) is 54.9 Å². The van der Waals surface area contributed by atoms with Crippen LogP contribution in [0.4, 0.5) is 0 Å². The first-order chi connectivity index (χ1) is 8.54. The number of nitrogens with one attached hydrogen (secondary N) is 1. The Hall–Kier alpha value is -0.390. The van der Waals surface area contributed by atoms with Crippen molar-refractivity contribution in [2.45, 2.75) is 25.8 Å². The van der Waals surface area contributed by atoms with E-state index in [1.165, 1.54) is 12.7 Å². The molecule has 100 valence electrons. The molecule has 0 aromatic heterocycles. The van der Waals surface area contributed by atoms with Gasteiger partial charge in [-0.3, -0.25) is 4.79 Å². The Morgan fingerprint density at radius 1 is 1.44 bits per heavy atom. The fourth-order valence-corrected chi connectivity index (χ4v) is 3.01. The van der Waals surface area contributed by atoms with Crippen LogP contribution < -0.4 is 5.32 Å². The van der Waals surface area contributed by atoms with Crippen molar-refractivity contribution in [2.75, 3.05) is 13.7 Å². The van der Waals surface area contributed by atoms with Gasteiger partial charge in [-0.05, 0) is 37.6 Å². The summed E-state index contributed by atoms with van der Waals surface area (Å²) < 4.78 is 6.72. The molecule has 0 amide bonds. The molecule has 0 saturated heterocycles. The maximum atomic E-state index is 11.0. The van der Waals surface area contributed by atoms with Gasteiger partial charge in [0.25, 0.3) is 0 Å². The van der Waals surface area contributed by atoms with Crippen molar-refractivity contribution in [1.82, 2.24) is 5.32 Å². The molecule has 1 N–H and O–H groups in total. The average Bonchev–Trinajstić information content (AvgIpc) is 2.34. The molecular weight excluding hydrogens is 362 g/mol. The number of halogens is 2. The molecule has 5 heteroatoms. The van der Waals surface area contributed by atoms with E-state index in [-0.39, 0.29) is 12.0 Å². The number of rotatable bonds is 6. The molecular formula is C13H17Br2NO2. The van der Waals surface area contributed by atoms with E-state index in [9.17, 15) is 4.79 Å². The van der Waals surface area contributed by atoms with Crippen molar-refractivity contribution in [1.29, 1.82) is 0 Å². The second-order valence-corrected chi connectivity index (χ2v) is 5.79. The zero-order valence-electron chi connectivity index (χ0n) is 10.5. The predicted molar refractivity (Wildman–Crippen MR) is 79.5 cm³/mol. The Bertz CT molecular complexity index is 410. The Labute approximate surface area is 125 Å². The maximum Gasteiger partial charge on any atom is 0.305 e. The summed E-state index contributed by atoms with van der Waals surface area (Å²) in [5, 5.41) is 3.39. The lowest BCUT2D eigenvalue weighted by Crippen LogP contribution is -2.21. The fourth-order valence-electron chi connectivity index (χ4n) is 1.62. The number of methoxy groups -OCH3 is 1. The summed E-state index contributed by atoms with van der Waals surface area (Å²) in [5.74, 6) is -0.158. The third-order valence-corrected chi connectivity index (χ3v) is 3.84. The lowest BCUT2D eigenvalue weighted by molar-refractivity contribution is -0.140. The first-order valence-electron chi connectivity index (χ1n) is 5.79.